The summed E-state index contributed by atoms with van der Waals surface area (Å²) < 4.78 is 4.35. The molecular weight excluding hydrogens is 230 g/mol. The molecule has 0 heterocycles. The topological polar surface area (TPSA) is 69.4 Å². The van der Waals surface area contributed by atoms with Crippen molar-refractivity contribution >= 4 is 18.0 Å². The lowest BCUT2D eigenvalue weighted by atomic mass is 10.2. The number of primary amides is 1. The first-order valence-electron chi connectivity index (χ1n) is 5.69. The molecule has 2 N–H and O–H groups in total. The summed E-state index contributed by atoms with van der Waals surface area (Å²) in [5, 5.41) is 0. The van der Waals surface area contributed by atoms with E-state index in [1.807, 2.05) is 37.3 Å². The van der Waals surface area contributed by atoms with Gasteiger partial charge in [0.15, 0.2) is 0 Å². The van der Waals surface area contributed by atoms with Crippen molar-refractivity contribution in [3.05, 3.63) is 42.0 Å². The van der Waals surface area contributed by atoms with Crippen molar-refractivity contribution in [2.45, 2.75) is 19.8 Å². The molecule has 0 bridgehead atoms. The third kappa shape index (κ3) is 9.15. The molecule has 0 spiro atoms. The van der Waals surface area contributed by atoms with Crippen molar-refractivity contribution in [1.29, 1.82) is 0 Å². The van der Waals surface area contributed by atoms with Crippen molar-refractivity contribution in [1.82, 2.24) is 0 Å². The predicted octanol–water partition coefficient (Wildman–Crippen LogP) is 2.14. The first kappa shape index (κ1) is 15.9. The molecule has 0 saturated carbocycles. The van der Waals surface area contributed by atoms with E-state index < -0.39 is 5.91 Å². The number of hydrogen-bond acceptors (Lipinski definition) is 3. The van der Waals surface area contributed by atoms with E-state index in [1.165, 1.54) is 13.2 Å². The van der Waals surface area contributed by atoms with Gasteiger partial charge in [-0.25, -0.2) is 0 Å². The Morgan fingerprint density at radius 1 is 1.28 bits per heavy atom. The van der Waals surface area contributed by atoms with Gasteiger partial charge in [-0.1, -0.05) is 37.3 Å². The second-order valence-corrected chi connectivity index (χ2v) is 3.47. The second-order valence-electron chi connectivity index (χ2n) is 3.47. The van der Waals surface area contributed by atoms with E-state index in [0.717, 1.165) is 12.0 Å². The highest BCUT2D eigenvalue weighted by Gasteiger charge is 1.92. The van der Waals surface area contributed by atoms with Crippen molar-refractivity contribution in [3.8, 4) is 0 Å². The van der Waals surface area contributed by atoms with Crippen molar-refractivity contribution in [3.63, 3.8) is 0 Å². The number of ether oxygens (including phenoxy) is 1. The van der Waals surface area contributed by atoms with Gasteiger partial charge in [0.05, 0.1) is 7.11 Å². The number of hydrogen-bond donors (Lipinski definition) is 1. The monoisotopic (exact) mass is 249 g/mol. The third-order valence-electron chi connectivity index (χ3n) is 1.92. The minimum Gasteiger partial charge on any atom is -0.469 e. The largest absolute Gasteiger partial charge is 0.469 e. The van der Waals surface area contributed by atoms with Gasteiger partial charge in [-0.3, -0.25) is 9.59 Å². The van der Waals surface area contributed by atoms with Gasteiger partial charge in [-0.05, 0) is 18.1 Å². The van der Waals surface area contributed by atoms with Gasteiger partial charge < -0.3 is 10.5 Å². The molecule has 18 heavy (non-hydrogen) atoms. The molecule has 1 amide bonds. The number of amides is 1. The van der Waals surface area contributed by atoms with E-state index in [0.29, 0.717) is 6.42 Å². The quantitative estimate of drug-likeness (QED) is 0.656. The predicted molar refractivity (Wildman–Crippen MR) is 71.6 cm³/mol. The van der Waals surface area contributed by atoms with Crippen LogP contribution in [0.1, 0.15) is 25.3 Å². The number of rotatable bonds is 4. The van der Waals surface area contributed by atoms with Gasteiger partial charge in [-0.15, -0.1) is 0 Å². The zero-order valence-electron chi connectivity index (χ0n) is 10.8. The molecule has 98 valence electrons. The summed E-state index contributed by atoms with van der Waals surface area (Å²) in [6.45, 7) is 1.94. The molecule has 0 fully saturated rings. The van der Waals surface area contributed by atoms with Crippen molar-refractivity contribution < 1.29 is 14.3 Å². The molecule has 0 saturated heterocycles. The fourth-order valence-corrected chi connectivity index (χ4v) is 1.05. The summed E-state index contributed by atoms with van der Waals surface area (Å²) in [6.07, 6.45) is 4.43. The van der Waals surface area contributed by atoms with Crippen LogP contribution in [0.2, 0.25) is 0 Å². The van der Waals surface area contributed by atoms with Crippen molar-refractivity contribution in [2.24, 2.45) is 5.73 Å². The molecule has 4 heteroatoms. The van der Waals surface area contributed by atoms with E-state index in [9.17, 15) is 9.59 Å². The van der Waals surface area contributed by atoms with Gasteiger partial charge in [0.1, 0.15) is 0 Å². The highest BCUT2D eigenvalue weighted by molar-refractivity contribution is 5.90. The van der Waals surface area contributed by atoms with Crippen LogP contribution < -0.4 is 5.73 Å². The molecule has 0 aliphatic heterocycles. The maximum atomic E-state index is 10.3. The lowest BCUT2D eigenvalue weighted by Crippen LogP contribution is -2.04. The van der Waals surface area contributed by atoms with Gasteiger partial charge in [-0.2, -0.15) is 0 Å². The number of nitrogens with two attached hydrogens (primary N) is 1. The highest BCUT2D eigenvalue weighted by atomic mass is 16.5. The van der Waals surface area contributed by atoms with Crippen LogP contribution in [0.3, 0.4) is 0 Å². The van der Waals surface area contributed by atoms with Crippen LogP contribution in [0.4, 0.5) is 0 Å². The Hall–Kier alpha value is -2.10. The summed E-state index contributed by atoms with van der Waals surface area (Å²) in [5.41, 5.74) is 5.89. The molecule has 0 radical (unpaired) electrons. The third-order valence-corrected chi connectivity index (χ3v) is 1.92. The van der Waals surface area contributed by atoms with Crippen LogP contribution in [-0.2, 0) is 14.3 Å². The fourth-order valence-electron chi connectivity index (χ4n) is 1.05. The Balaban J connectivity index is 0.000000360. The van der Waals surface area contributed by atoms with Gasteiger partial charge in [0.2, 0.25) is 5.91 Å². The average Bonchev–Trinajstić information content (AvgIpc) is 2.38. The summed E-state index contributed by atoms with van der Waals surface area (Å²) >= 11 is 0. The number of methoxy groups -OCH3 is 1. The molecule has 0 atom stereocenters. The van der Waals surface area contributed by atoms with Crippen molar-refractivity contribution in [2.75, 3.05) is 7.11 Å². The Kier molecular flexibility index (Phi) is 8.90. The number of esters is 1. The van der Waals surface area contributed by atoms with Crippen LogP contribution in [-0.4, -0.2) is 19.0 Å². The molecule has 1 aromatic rings. The van der Waals surface area contributed by atoms with Crippen LogP contribution in [0.5, 0.6) is 0 Å². The van der Waals surface area contributed by atoms with E-state index in [-0.39, 0.29) is 5.97 Å². The molecule has 0 aliphatic rings. The van der Waals surface area contributed by atoms with Crippen LogP contribution in [0.15, 0.2) is 36.4 Å². The second kappa shape index (κ2) is 10.1. The molecule has 0 aromatic heterocycles. The molecule has 0 unspecified atom stereocenters. The molecule has 4 nitrogen and oxygen atoms in total. The zero-order valence-corrected chi connectivity index (χ0v) is 10.8. The molecule has 1 rings (SSSR count). The van der Waals surface area contributed by atoms with Gasteiger partial charge in [0.25, 0.3) is 0 Å². The Morgan fingerprint density at radius 2 is 1.89 bits per heavy atom. The highest BCUT2D eigenvalue weighted by Crippen LogP contribution is 1.99. The SMILES string of the molecule is CCCC(=O)OC.NC(=O)/C=C/c1ccccc1. The van der Waals surface area contributed by atoms with Gasteiger partial charge in [0, 0.05) is 12.5 Å². The minimum absolute atomic E-state index is 0.123. The number of carbonyl (C=O) groups is 2. The fraction of sp³-hybridized carbons (Fsp3) is 0.286. The Morgan fingerprint density at radius 3 is 2.28 bits per heavy atom. The summed E-state index contributed by atoms with van der Waals surface area (Å²) in [5.74, 6) is -0.545. The average molecular weight is 249 g/mol. The maximum absolute atomic E-state index is 10.3. The first-order valence-corrected chi connectivity index (χ1v) is 5.69. The maximum Gasteiger partial charge on any atom is 0.305 e. The summed E-state index contributed by atoms with van der Waals surface area (Å²) in [4.78, 5) is 20.5. The zero-order chi connectivity index (χ0) is 13.8. The smallest absolute Gasteiger partial charge is 0.305 e. The lowest BCUT2D eigenvalue weighted by molar-refractivity contribution is -0.140. The summed E-state index contributed by atoms with van der Waals surface area (Å²) in [7, 11) is 1.40. The van der Waals surface area contributed by atoms with Crippen LogP contribution >= 0.6 is 0 Å². The lowest BCUT2D eigenvalue weighted by Gasteiger charge is -1.91. The molecule has 1 aromatic carbocycles. The first-order chi connectivity index (χ1) is 8.60. The Labute approximate surface area is 107 Å². The standard InChI is InChI=1S/C9H9NO.C5H10O2/c10-9(11)7-6-8-4-2-1-3-5-8;1-3-4-5(6)7-2/h1-7H,(H2,10,11);3-4H2,1-2H3/b7-6+;. The summed E-state index contributed by atoms with van der Waals surface area (Å²) in [6, 6.07) is 9.53. The molecular formula is C14H19NO3. The van der Waals surface area contributed by atoms with E-state index in [2.05, 4.69) is 4.74 Å². The number of carbonyl (C=O) groups excluding carboxylic acids is 2. The minimum atomic E-state index is -0.422. The van der Waals surface area contributed by atoms with Crippen LogP contribution in [0, 0.1) is 0 Å². The number of benzene rings is 1. The van der Waals surface area contributed by atoms with Gasteiger partial charge >= 0.3 is 5.97 Å². The van der Waals surface area contributed by atoms with Crippen LogP contribution in [0.25, 0.3) is 6.08 Å². The van der Waals surface area contributed by atoms with E-state index >= 15 is 0 Å². The normalized spacial score (nSPS) is 9.44. The Bertz CT molecular complexity index is 385. The van der Waals surface area contributed by atoms with E-state index in [1.54, 1.807) is 6.08 Å². The van der Waals surface area contributed by atoms with E-state index in [4.69, 9.17) is 5.73 Å². The molecule has 0 aliphatic carbocycles.